The first-order valence-electron chi connectivity index (χ1n) is 12.6. The van der Waals surface area contributed by atoms with E-state index in [0.717, 1.165) is 49.4 Å². The molecule has 0 radical (unpaired) electrons. The Balaban J connectivity index is 1.39. The average Bonchev–Trinajstić information content (AvgIpc) is 2.96. The second kappa shape index (κ2) is 8.65. The van der Waals surface area contributed by atoms with Crippen molar-refractivity contribution in [1.29, 1.82) is 0 Å². The van der Waals surface area contributed by atoms with Crippen molar-refractivity contribution in [1.82, 2.24) is 0 Å². The Bertz CT molecular complexity index is 1920. The van der Waals surface area contributed by atoms with Crippen molar-refractivity contribution in [2.45, 2.75) is 0 Å². The Hall–Kier alpha value is -4.88. The summed E-state index contributed by atoms with van der Waals surface area (Å²) in [5, 5.41) is 18.7. The molecular formula is C36H24O. The van der Waals surface area contributed by atoms with Gasteiger partial charge in [0.2, 0.25) is 0 Å². The molecule has 0 saturated heterocycles. The molecule has 0 atom stereocenters. The minimum absolute atomic E-state index is 0.313. The molecule has 0 aliphatic heterocycles. The fourth-order valence-corrected chi connectivity index (χ4v) is 5.48. The van der Waals surface area contributed by atoms with Gasteiger partial charge >= 0.3 is 0 Å². The van der Waals surface area contributed by atoms with E-state index in [-0.39, 0.29) is 0 Å². The predicted octanol–water partition coefficient (Wildman–Crippen LogP) is 9.85. The van der Waals surface area contributed by atoms with Crippen LogP contribution in [0, 0.1) is 0 Å². The number of hydrogen-bond acceptors (Lipinski definition) is 1. The molecule has 1 nitrogen and oxygen atoms in total. The van der Waals surface area contributed by atoms with Crippen LogP contribution in [0.2, 0.25) is 0 Å². The van der Waals surface area contributed by atoms with Gasteiger partial charge in [0.25, 0.3) is 0 Å². The molecule has 0 fully saturated rings. The van der Waals surface area contributed by atoms with Crippen LogP contribution in [0.5, 0.6) is 5.75 Å². The van der Waals surface area contributed by atoms with Gasteiger partial charge in [-0.25, -0.2) is 0 Å². The van der Waals surface area contributed by atoms with Crippen molar-refractivity contribution < 1.29 is 5.11 Å². The van der Waals surface area contributed by atoms with Gasteiger partial charge in [0, 0.05) is 11.1 Å². The van der Waals surface area contributed by atoms with Crippen LogP contribution >= 0.6 is 0 Å². The molecule has 7 aromatic carbocycles. The molecule has 1 heteroatoms. The van der Waals surface area contributed by atoms with Gasteiger partial charge in [-0.15, -0.1) is 0 Å². The van der Waals surface area contributed by atoms with E-state index in [9.17, 15) is 5.11 Å². The molecule has 0 unspecified atom stereocenters. The number of aromatic hydroxyl groups is 1. The Kier molecular flexibility index (Phi) is 5.01. The summed E-state index contributed by atoms with van der Waals surface area (Å²) in [5.41, 5.74) is 6.10. The molecule has 0 aliphatic rings. The zero-order valence-electron chi connectivity index (χ0n) is 20.2. The zero-order chi connectivity index (χ0) is 24.8. The van der Waals surface area contributed by atoms with Crippen molar-refractivity contribution in [2.24, 2.45) is 0 Å². The van der Waals surface area contributed by atoms with E-state index in [0.29, 0.717) is 5.75 Å². The van der Waals surface area contributed by atoms with Crippen LogP contribution in [0.15, 0.2) is 140 Å². The number of fused-ring (bicyclic) bond motifs is 3. The standard InChI is InChI=1S/C36H24O/c37-36-34(27-19-16-25(17-20-27)29-21-18-24-8-1-2-10-28(24)22-29)23-30-11-4-6-14-32(30)35(36)33-15-7-12-26-9-3-5-13-31(26)33/h1-23,37H. The lowest BCUT2D eigenvalue weighted by molar-refractivity contribution is 0.480. The fraction of sp³-hybridized carbons (Fsp3) is 0. The first-order chi connectivity index (χ1) is 18.3. The predicted molar refractivity (Wildman–Crippen MR) is 157 cm³/mol. The highest BCUT2D eigenvalue weighted by Crippen LogP contribution is 2.45. The van der Waals surface area contributed by atoms with Crippen LogP contribution in [-0.4, -0.2) is 5.11 Å². The van der Waals surface area contributed by atoms with Gasteiger partial charge in [0.05, 0.1) is 0 Å². The topological polar surface area (TPSA) is 20.2 Å². The second-order valence-corrected chi connectivity index (χ2v) is 9.53. The Morgan fingerprint density at radius 3 is 1.76 bits per heavy atom. The van der Waals surface area contributed by atoms with Crippen molar-refractivity contribution in [3.05, 3.63) is 140 Å². The van der Waals surface area contributed by atoms with E-state index in [2.05, 4.69) is 133 Å². The summed E-state index contributed by atoms with van der Waals surface area (Å²) in [6, 6.07) is 48.6. The van der Waals surface area contributed by atoms with Gasteiger partial charge in [0.1, 0.15) is 5.75 Å². The maximum absolute atomic E-state index is 11.8. The van der Waals surface area contributed by atoms with Gasteiger partial charge in [-0.1, -0.05) is 127 Å². The number of hydrogen-bond donors (Lipinski definition) is 1. The number of phenolic OH excluding ortho intramolecular Hbond substituents is 1. The van der Waals surface area contributed by atoms with E-state index in [4.69, 9.17) is 0 Å². The molecule has 174 valence electrons. The number of phenols is 1. The molecule has 0 saturated carbocycles. The first-order valence-corrected chi connectivity index (χ1v) is 12.6. The third-order valence-electron chi connectivity index (χ3n) is 7.36. The normalized spacial score (nSPS) is 11.4. The third-order valence-corrected chi connectivity index (χ3v) is 7.36. The van der Waals surface area contributed by atoms with Crippen LogP contribution in [0.4, 0.5) is 0 Å². The SMILES string of the molecule is Oc1c(-c2ccc(-c3ccc4ccccc4c3)cc2)cc2ccccc2c1-c1cccc2ccccc12. The van der Waals surface area contributed by atoms with E-state index in [1.54, 1.807) is 0 Å². The summed E-state index contributed by atoms with van der Waals surface area (Å²) >= 11 is 0. The summed E-state index contributed by atoms with van der Waals surface area (Å²) in [5.74, 6) is 0.313. The van der Waals surface area contributed by atoms with Crippen molar-refractivity contribution >= 4 is 32.3 Å². The highest BCUT2D eigenvalue weighted by Gasteiger charge is 2.17. The fourth-order valence-electron chi connectivity index (χ4n) is 5.48. The largest absolute Gasteiger partial charge is 0.507 e. The minimum atomic E-state index is 0.313. The molecule has 37 heavy (non-hydrogen) atoms. The van der Waals surface area contributed by atoms with E-state index in [1.807, 2.05) is 6.07 Å². The van der Waals surface area contributed by atoms with Crippen molar-refractivity contribution in [2.75, 3.05) is 0 Å². The van der Waals surface area contributed by atoms with Gasteiger partial charge in [-0.2, -0.15) is 0 Å². The molecule has 0 bridgehead atoms. The minimum Gasteiger partial charge on any atom is -0.507 e. The summed E-state index contributed by atoms with van der Waals surface area (Å²) < 4.78 is 0. The van der Waals surface area contributed by atoms with Crippen molar-refractivity contribution in [3.8, 4) is 39.1 Å². The molecule has 0 aromatic heterocycles. The van der Waals surface area contributed by atoms with E-state index >= 15 is 0 Å². The van der Waals surface area contributed by atoms with Crippen LogP contribution < -0.4 is 0 Å². The Labute approximate surface area is 215 Å². The van der Waals surface area contributed by atoms with Gasteiger partial charge < -0.3 is 5.11 Å². The highest BCUT2D eigenvalue weighted by atomic mass is 16.3. The summed E-state index contributed by atoms with van der Waals surface area (Å²) in [4.78, 5) is 0. The lowest BCUT2D eigenvalue weighted by Gasteiger charge is -2.16. The number of rotatable bonds is 3. The highest BCUT2D eigenvalue weighted by molar-refractivity contribution is 6.10. The Morgan fingerprint density at radius 2 is 0.946 bits per heavy atom. The molecule has 7 rings (SSSR count). The molecular weight excluding hydrogens is 448 g/mol. The molecule has 0 heterocycles. The van der Waals surface area contributed by atoms with Crippen LogP contribution in [0.25, 0.3) is 65.7 Å². The summed E-state index contributed by atoms with van der Waals surface area (Å²) in [6.07, 6.45) is 0. The summed E-state index contributed by atoms with van der Waals surface area (Å²) in [7, 11) is 0. The lowest BCUT2D eigenvalue weighted by Crippen LogP contribution is -1.89. The van der Waals surface area contributed by atoms with Gasteiger partial charge in [0.15, 0.2) is 0 Å². The monoisotopic (exact) mass is 472 g/mol. The third kappa shape index (κ3) is 3.64. The van der Waals surface area contributed by atoms with E-state index < -0.39 is 0 Å². The molecule has 0 aliphatic carbocycles. The molecule has 0 amide bonds. The molecule has 7 aromatic rings. The van der Waals surface area contributed by atoms with Gasteiger partial charge in [-0.05, 0) is 66.7 Å². The first kappa shape index (κ1) is 21.4. The van der Waals surface area contributed by atoms with Crippen LogP contribution in [0.1, 0.15) is 0 Å². The van der Waals surface area contributed by atoms with E-state index in [1.165, 1.54) is 16.3 Å². The van der Waals surface area contributed by atoms with Crippen LogP contribution in [0.3, 0.4) is 0 Å². The molecule has 1 N–H and O–H groups in total. The summed E-state index contributed by atoms with van der Waals surface area (Å²) in [6.45, 7) is 0. The smallest absolute Gasteiger partial charge is 0.131 e. The van der Waals surface area contributed by atoms with Crippen LogP contribution in [-0.2, 0) is 0 Å². The van der Waals surface area contributed by atoms with Crippen molar-refractivity contribution in [3.63, 3.8) is 0 Å². The Morgan fingerprint density at radius 1 is 0.351 bits per heavy atom. The maximum Gasteiger partial charge on any atom is 0.131 e. The lowest BCUT2D eigenvalue weighted by atomic mass is 9.89. The maximum atomic E-state index is 11.8. The zero-order valence-corrected chi connectivity index (χ0v) is 20.2. The second-order valence-electron chi connectivity index (χ2n) is 9.53. The quantitative estimate of drug-likeness (QED) is 0.271. The van der Waals surface area contributed by atoms with Gasteiger partial charge in [-0.3, -0.25) is 0 Å². The molecule has 0 spiro atoms. The average molecular weight is 473 g/mol. The number of benzene rings is 7.